The van der Waals surface area contributed by atoms with Crippen LogP contribution in [0.1, 0.15) is 44.0 Å². The Hall–Kier alpha value is -4.50. The largest absolute Gasteiger partial charge is 0.338 e. The molecular formula is C29H26N6O2S. The summed E-state index contributed by atoms with van der Waals surface area (Å²) in [7, 11) is 1.83. The van der Waals surface area contributed by atoms with Gasteiger partial charge in [-0.15, -0.1) is 11.3 Å². The van der Waals surface area contributed by atoms with Crippen molar-refractivity contribution in [2.75, 3.05) is 16.0 Å². The van der Waals surface area contributed by atoms with E-state index in [9.17, 15) is 9.59 Å². The van der Waals surface area contributed by atoms with Crippen molar-refractivity contribution in [3.63, 3.8) is 0 Å². The van der Waals surface area contributed by atoms with Crippen molar-refractivity contribution in [1.82, 2.24) is 14.8 Å². The zero-order chi connectivity index (χ0) is 26.2. The topological polar surface area (TPSA) is 101 Å². The Morgan fingerprint density at radius 1 is 0.974 bits per heavy atom. The Kier molecular flexibility index (Phi) is 6.13. The minimum absolute atomic E-state index is 0.265. The van der Waals surface area contributed by atoms with Crippen LogP contribution in [-0.2, 0) is 19.9 Å². The van der Waals surface area contributed by atoms with E-state index < -0.39 is 0 Å². The van der Waals surface area contributed by atoms with E-state index in [0.717, 1.165) is 51.9 Å². The average Bonchev–Trinajstić information content (AvgIpc) is 3.62. The fourth-order valence-electron chi connectivity index (χ4n) is 4.82. The standard InChI is InChI=1S/C29H26N6O2S/c1-17-8-3-5-11-22(17)31-26-24(32-29(37)21-16-38-25-13-6-4-9-19(21)25)14-18(15-30-26)28(36)33-27-20-10-7-12-23(20)34-35(27)2/h3-6,8-9,11,13-16H,7,10,12H2,1-2H3,(H,30,31)(H,32,37)(H,33,36). The molecule has 2 aromatic carbocycles. The first-order valence-electron chi connectivity index (χ1n) is 12.4. The van der Waals surface area contributed by atoms with Gasteiger partial charge in [0.15, 0.2) is 5.82 Å². The van der Waals surface area contributed by atoms with Crippen LogP contribution in [0.2, 0.25) is 0 Å². The molecule has 1 aliphatic rings. The molecule has 5 aromatic rings. The smallest absolute Gasteiger partial charge is 0.258 e. The number of hydrogen-bond donors (Lipinski definition) is 3. The fraction of sp³-hybridized carbons (Fsp3) is 0.172. The van der Waals surface area contributed by atoms with Crippen LogP contribution in [0, 0.1) is 6.92 Å². The SMILES string of the molecule is Cc1ccccc1Nc1ncc(C(=O)Nc2c3c(nn2C)CCC3)cc1NC(=O)c1csc2ccccc12. The van der Waals surface area contributed by atoms with E-state index in [-0.39, 0.29) is 11.8 Å². The molecule has 1 aliphatic carbocycles. The van der Waals surface area contributed by atoms with Gasteiger partial charge in [-0.1, -0.05) is 36.4 Å². The van der Waals surface area contributed by atoms with Crippen LogP contribution < -0.4 is 16.0 Å². The van der Waals surface area contributed by atoms with E-state index in [0.29, 0.717) is 28.5 Å². The maximum absolute atomic E-state index is 13.4. The number of nitrogens with one attached hydrogen (secondary N) is 3. The summed E-state index contributed by atoms with van der Waals surface area (Å²) in [5, 5.41) is 16.6. The van der Waals surface area contributed by atoms with E-state index in [4.69, 9.17) is 0 Å². The summed E-state index contributed by atoms with van der Waals surface area (Å²) < 4.78 is 2.75. The first kappa shape index (κ1) is 23.9. The zero-order valence-corrected chi connectivity index (χ0v) is 21.9. The summed E-state index contributed by atoms with van der Waals surface area (Å²) in [5.74, 6) is 0.582. The predicted octanol–water partition coefficient (Wildman–Crippen LogP) is 6.08. The number of aromatic nitrogens is 3. The lowest BCUT2D eigenvalue weighted by molar-refractivity contribution is 0.101. The normalized spacial score (nSPS) is 12.4. The molecule has 0 atom stereocenters. The Morgan fingerprint density at radius 2 is 1.79 bits per heavy atom. The predicted molar refractivity (Wildman–Crippen MR) is 152 cm³/mol. The van der Waals surface area contributed by atoms with Gasteiger partial charge < -0.3 is 16.0 Å². The number of amides is 2. The van der Waals surface area contributed by atoms with E-state index in [1.165, 1.54) is 17.5 Å². The molecule has 6 rings (SSSR count). The summed E-state index contributed by atoms with van der Waals surface area (Å²) in [4.78, 5) is 31.3. The highest BCUT2D eigenvalue weighted by Gasteiger charge is 2.23. The van der Waals surface area contributed by atoms with Crippen molar-refractivity contribution in [2.45, 2.75) is 26.2 Å². The van der Waals surface area contributed by atoms with Crippen LogP contribution in [0.3, 0.4) is 0 Å². The van der Waals surface area contributed by atoms with Crippen molar-refractivity contribution in [2.24, 2.45) is 7.05 Å². The van der Waals surface area contributed by atoms with Gasteiger partial charge in [-0.2, -0.15) is 5.10 Å². The lowest BCUT2D eigenvalue weighted by atomic mass is 10.1. The number of hydrogen-bond acceptors (Lipinski definition) is 6. The molecule has 2 amide bonds. The summed E-state index contributed by atoms with van der Waals surface area (Å²) in [6.07, 6.45) is 4.37. The number of pyridine rings is 1. The minimum Gasteiger partial charge on any atom is -0.338 e. The molecule has 0 radical (unpaired) electrons. The molecule has 9 heteroatoms. The van der Waals surface area contributed by atoms with Gasteiger partial charge in [-0.3, -0.25) is 14.3 Å². The minimum atomic E-state index is -0.311. The molecule has 0 aliphatic heterocycles. The highest BCUT2D eigenvalue weighted by molar-refractivity contribution is 7.17. The van der Waals surface area contributed by atoms with E-state index in [2.05, 4.69) is 26.0 Å². The van der Waals surface area contributed by atoms with Gasteiger partial charge in [-0.25, -0.2) is 4.98 Å². The lowest BCUT2D eigenvalue weighted by Crippen LogP contribution is -2.18. The van der Waals surface area contributed by atoms with Crippen molar-refractivity contribution in [3.05, 3.63) is 94.1 Å². The van der Waals surface area contributed by atoms with Crippen LogP contribution in [0.15, 0.2) is 66.2 Å². The number of aryl methyl sites for hydroxylation is 3. The number of benzene rings is 2. The molecule has 0 bridgehead atoms. The number of carbonyl (C=O) groups is 2. The van der Waals surface area contributed by atoms with Gasteiger partial charge in [-0.05, 0) is 49.9 Å². The number of para-hydroxylation sites is 1. The van der Waals surface area contributed by atoms with Crippen LogP contribution in [0.4, 0.5) is 23.0 Å². The van der Waals surface area contributed by atoms with Crippen molar-refractivity contribution in [3.8, 4) is 0 Å². The summed E-state index contributed by atoms with van der Waals surface area (Å²) >= 11 is 1.52. The molecule has 0 unspecified atom stereocenters. The third-order valence-corrected chi connectivity index (χ3v) is 7.79. The van der Waals surface area contributed by atoms with Gasteiger partial charge in [0.25, 0.3) is 11.8 Å². The Morgan fingerprint density at radius 3 is 2.66 bits per heavy atom. The molecule has 0 saturated heterocycles. The molecule has 0 fully saturated rings. The second-order valence-corrected chi connectivity index (χ2v) is 10.3. The zero-order valence-electron chi connectivity index (χ0n) is 21.0. The van der Waals surface area contributed by atoms with Gasteiger partial charge in [0.05, 0.1) is 22.5 Å². The molecular weight excluding hydrogens is 496 g/mol. The number of fused-ring (bicyclic) bond motifs is 2. The first-order valence-corrected chi connectivity index (χ1v) is 13.3. The quantitative estimate of drug-likeness (QED) is 0.251. The van der Waals surface area contributed by atoms with Crippen molar-refractivity contribution >= 4 is 56.2 Å². The molecule has 3 N–H and O–H groups in total. The monoisotopic (exact) mass is 522 g/mol. The molecule has 3 heterocycles. The second-order valence-electron chi connectivity index (χ2n) is 9.36. The lowest BCUT2D eigenvalue weighted by Gasteiger charge is -2.15. The maximum atomic E-state index is 13.4. The fourth-order valence-corrected chi connectivity index (χ4v) is 5.76. The highest BCUT2D eigenvalue weighted by Crippen LogP contribution is 2.31. The number of carbonyl (C=O) groups excluding carboxylic acids is 2. The van der Waals surface area contributed by atoms with Crippen molar-refractivity contribution < 1.29 is 9.59 Å². The summed E-state index contributed by atoms with van der Waals surface area (Å²) in [6, 6.07) is 17.3. The average molecular weight is 523 g/mol. The van der Waals surface area contributed by atoms with Gasteiger partial charge in [0.1, 0.15) is 5.82 Å². The van der Waals surface area contributed by atoms with Crippen molar-refractivity contribution in [1.29, 1.82) is 0 Å². The summed E-state index contributed by atoms with van der Waals surface area (Å²) in [6.45, 7) is 1.99. The Labute approximate surface area is 223 Å². The van der Waals surface area contributed by atoms with Crippen LogP contribution in [-0.4, -0.2) is 26.6 Å². The third-order valence-electron chi connectivity index (χ3n) is 6.82. The number of rotatable bonds is 6. The Bertz CT molecular complexity index is 1700. The van der Waals surface area contributed by atoms with Crippen LogP contribution in [0.5, 0.6) is 0 Å². The molecule has 38 heavy (non-hydrogen) atoms. The molecule has 3 aromatic heterocycles. The van der Waals surface area contributed by atoms with Crippen LogP contribution in [0.25, 0.3) is 10.1 Å². The number of thiophene rings is 1. The van der Waals surface area contributed by atoms with Gasteiger partial charge in [0.2, 0.25) is 0 Å². The van der Waals surface area contributed by atoms with E-state index in [1.54, 1.807) is 10.7 Å². The third kappa shape index (κ3) is 4.41. The second kappa shape index (κ2) is 9.75. The Balaban J connectivity index is 1.34. The van der Waals surface area contributed by atoms with Crippen LogP contribution >= 0.6 is 11.3 Å². The highest BCUT2D eigenvalue weighted by atomic mass is 32.1. The maximum Gasteiger partial charge on any atom is 0.258 e. The van der Waals surface area contributed by atoms with E-state index >= 15 is 0 Å². The summed E-state index contributed by atoms with van der Waals surface area (Å²) in [5.41, 5.74) is 5.34. The van der Waals surface area contributed by atoms with Gasteiger partial charge in [0, 0.05) is 40.0 Å². The number of nitrogens with zero attached hydrogens (tertiary/aromatic N) is 3. The van der Waals surface area contributed by atoms with Gasteiger partial charge >= 0.3 is 0 Å². The molecule has 0 saturated carbocycles. The molecule has 0 spiro atoms. The molecule has 8 nitrogen and oxygen atoms in total. The number of anilines is 4. The first-order chi connectivity index (χ1) is 18.5. The van der Waals surface area contributed by atoms with E-state index in [1.807, 2.05) is 67.9 Å². The molecule has 190 valence electrons.